The van der Waals surface area contributed by atoms with Crippen molar-refractivity contribution >= 4 is 43.1 Å². The van der Waals surface area contributed by atoms with E-state index in [1.54, 1.807) is 11.3 Å². The molecule has 0 spiro atoms. The van der Waals surface area contributed by atoms with E-state index in [-0.39, 0.29) is 11.5 Å². The first-order chi connectivity index (χ1) is 13.9. The number of amides is 1. The Morgan fingerprint density at radius 2 is 1.90 bits per heavy atom. The Hall–Kier alpha value is -2.99. The monoisotopic (exact) mass is 405 g/mol. The Balaban J connectivity index is 1.79. The van der Waals surface area contributed by atoms with Gasteiger partial charge in [-0.1, -0.05) is 31.2 Å². The molecule has 2 aromatic heterocycles. The number of hydrogen-bond donors (Lipinski definition) is 1. The van der Waals surface area contributed by atoms with Crippen molar-refractivity contribution in [3.8, 4) is 0 Å². The van der Waals surface area contributed by atoms with Crippen molar-refractivity contribution in [3.63, 3.8) is 0 Å². The predicted molar refractivity (Wildman–Crippen MR) is 120 cm³/mol. The topological polar surface area (TPSA) is 64.0 Å². The smallest absolute Gasteiger partial charge is 0.276 e. The summed E-state index contributed by atoms with van der Waals surface area (Å²) in [5, 5.41) is 9.03. The lowest BCUT2D eigenvalue weighted by molar-refractivity contribution is -0.119. The van der Waals surface area contributed by atoms with Crippen molar-refractivity contribution in [1.82, 2.24) is 9.78 Å². The molecule has 4 rings (SSSR count). The number of thiophene rings is 1. The van der Waals surface area contributed by atoms with Gasteiger partial charge < -0.3 is 5.32 Å². The molecule has 0 aliphatic rings. The summed E-state index contributed by atoms with van der Waals surface area (Å²) in [5.74, 6) is -0.233. The average molecular weight is 406 g/mol. The molecule has 0 aliphatic carbocycles. The predicted octanol–water partition coefficient (Wildman–Crippen LogP) is 5.13. The molecule has 0 saturated heterocycles. The molecule has 0 unspecified atom stereocenters. The third kappa shape index (κ3) is 3.34. The van der Waals surface area contributed by atoms with Crippen LogP contribution in [0.1, 0.15) is 36.2 Å². The van der Waals surface area contributed by atoms with E-state index in [9.17, 15) is 9.59 Å². The van der Waals surface area contributed by atoms with Gasteiger partial charge in [-0.15, -0.1) is 11.3 Å². The van der Waals surface area contributed by atoms with Crippen LogP contribution in [-0.4, -0.2) is 15.7 Å². The molecule has 148 valence electrons. The molecule has 5 nitrogen and oxygen atoms in total. The van der Waals surface area contributed by atoms with E-state index >= 15 is 0 Å². The van der Waals surface area contributed by atoms with Gasteiger partial charge in [0.2, 0.25) is 5.91 Å². The maximum Gasteiger partial charge on any atom is 0.276 e. The van der Waals surface area contributed by atoms with E-state index in [4.69, 9.17) is 0 Å². The zero-order valence-corrected chi connectivity index (χ0v) is 17.8. The zero-order valence-electron chi connectivity index (χ0n) is 16.9. The van der Waals surface area contributed by atoms with Gasteiger partial charge in [-0.2, -0.15) is 5.10 Å². The number of rotatable bonds is 4. The third-order valence-corrected chi connectivity index (χ3v) is 6.64. The highest BCUT2D eigenvalue weighted by molar-refractivity contribution is 7.26. The second kappa shape index (κ2) is 7.44. The van der Waals surface area contributed by atoms with Gasteiger partial charge in [0.15, 0.2) is 0 Å². The Morgan fingerprint density at radius 1 is 1.14 bits per heavy atom. The summed E-state index contributed by atoms with van der Waals surface area (Å²) in [6, 6.07) is 13.0. The van der Waals surface area contributed by atoms with Gasteiger partial charge in [-0.3, -0.25) is 9.59 Å². The normalized spacial score (nSPS) is 12.4. The van der Waals surface area contributed by atoms with E-state index in [1.165, 1.54) is 10.2 Å². The number of nitrogens with one attached hydrogen (secondary N) is 1. The Kier molecular flexibility index (Phi) is 4.96. The van der Waals surface area contributed by atoms with Gasteiger partial charge in [0.05, 0.1) is 15.8 Å². The molecular formula is C23H23N3O2S. The first kappa shape index (κ1) is 19.3. The maximum atomic E-state index is 13.3. The zero-order chi connectivity index (χ0) is 20.7. The molecule has 6 heteroatoms. The summed E-state index contributed by atoms with van der Waals surface area (Å²) in [7, 11) is 0. The van der Waals surface area contributed by atoms with Crippen molar-refractivity contribution in [2.24, 2.45) is 0 Å². The first-order valence-corrected chi connectivity index (χ1v) is 10.5. The van der Waals surface area contributed by atoms with E-state index in [0.717, 1.165) is 31.7 Å². The summed E-state index contributed by atoms with van der Waals surface area (Å²) in [6.07, 6.45) is 0.469. The summed E-state index contributed by atoms with van der Waals surface area (Å²) < 4.78 is 3.29. The van der Waals surface area contributed by atoms with Crippen LogP contribution in [0.25, 0.3) is 20.2 Å². The highest BCUT2D eigenvalue weighted by Crippen LogP contribution is 2.33. The Morgan fingerprint density at radius 3 is 2.62 bits per heavy atom. The molecule has 0 bridgehead atoms. The van der Waals surface area contributed by atoms with Gasteiger partial charge in [0, 0.05) is 15.8 Å². The molecular weight excluding hydrogens is 382 g/mol. The number of anilines is 1. The van der Waals surface area contributed by atoms with Crippen LogP contribution in [0.4, 0.5) is 5.69 Å². The molecule has 1 amide bonds. The number of carbonyl (C=O) groups is 1. The van der Waals surface area contributed by atoms with E-state index in [1.807, 2.05) is 70.2 Å². The lowest BCUT2D eigenvalue weighted by Gasteiger charge is -2.18. The van der Waals surface area contributed by atoms with Crippen LogP contribution in [0.15, 0.2) is 47.3 Å². The highest BCUT2D eigenvalue weighted by atomic mass is 32.1. The fourth-order valence-corrected chi connectivity index (χ4v) is 4.74. The molecule has 1 N–H and O–H groups in total. The van der Waals surface area contributed by atoms with Gasteiger partial charge in [-0.05, 0) is 56.5 Å². The van der Waals surface area contributed by atoms with Crippen molar-refractivity contribution in [2.45, 2.75) is 40.2 Å². The Bertz CT molecular complexity index is 1300. The van der Waals surface area contributed by atoms with Crippen LogP contribution in [0.5, 0.6) is 0 Å². The molecule has 0 aliphatic heterocycles. The summed E-state index contributed by atoms with van der Waals surface area (Å²) >= 11 is 1.57. The van der Waals surface area contributed by atoms with Crippen LogP contribution in [0.3, 0.4) is 0 Å². The number of aromatic nitrogens is 2. The quantitative estimate of drug-likeness (QED) is 0.512. The second-order valence-electron chi connectivity index (χ2n) is 7.35. The Labute approximate surface area is 173 Å². The molecule has 2 heterocycles. The van der Waals surface area contributed by atoms with Crippen molar-refractivity contribution < 1.29 is 4.79 Å². The van der Waals surface area contributed by atoms with Gasteiger partial charge >= 0.3 is 0 Å². The van der Waals surface area contributed by atoms with E-state index in [0.29, 0.717) is 11.8 Å². The average Bonchev–Trinajstić information content (AvgIpc) is 3.09. The van der Waals surface area contributed by atoms with Gasteiger partial charge in [-0.25, -0.2) is 4.68 Å². The van der Waals surface area contributed by atoms with Crippen LogP contribution in [0, 0.1) is 20.8 Å². The van der Waals surface area contributed by atoms with Crippen LogP contribution >= 0.6 is 11.3 Å². The third-order valence-electron chi connectivity index (χ3n) is 5.36. The molecule has 4 aromatic rings. The van der Waals surface area contributed by atoms with Crippen LogP contribution in [-0.2, 0) is 4.79 Å². The van der Waals surface area contributed by atoms with Gasteiger partial charge in [0.25, 0.3) is 5.56 Å². The molecule has 2 aromatic carbocycles. The van der Waals surface area contributed by atoms with Crippen molar-refractivity contribution in [1.29, 1.82) is 0 Å². The summed E-state index contributed by atoms with van der Waals surface area (Å²) in [5.41, 5.74) is 3.54. The van der Waals surface area contributed by atoms with Crippen molar-refractivity contribution in [2.75, 3.05) is 5.32 Å². The lowest BCUT2D eigenvalue weighted by Crippen LogP contribution is -2.35. The molecule has 29 heavy (non-hydrogen) atoms. The summed E-state index contributed by atoms with van der Waals surface area (Å²) in [4.78, 5) is 26.4. The van der Waals surface area contributed by atoms with Crippen LogP contribution < -0.4 is 10.9 Å². The van der Waals surface area contributed by atoms with E-state index in [2.05, 4.69) is 10.4 Å². The fourth-order valence-electron chi connectivity index (χ4n) is 3.60. The second-order valence-corrected chi connectivity index (χ2v) is 8.40. The molecule has 0 fully saturated rings. The number of carbonyl (C=O) groups excluding carboxylic acids is 1. The lowest BCUT2D eigenvalue weighted by atomic mass is 10.1. The largest absolute Gasteiger partial charge is 0.324 e. The minimum Gasteiger partial charge on any atom is -0.324 e. The minimum atomic E-state index is -0.675. The number of aryl methyl sites for hydroxylation is 3. The van der Waals surface area contributed by atoms with E-state index < -0.39 is 6.04 Å². The standard InChI is InChI=1S/C23H23N3O2S/c1-5-18(22(27)24-16-11-10-13(2)14(3)12-16)26-23(28)20-17-8-6-7-9-19(17)29-21(20)15(4)25-26/h6-12,18H,5H2,1-4H3,(H,24,27)/t18-/m1/s1. The number of hydrogen-bond acceptors (Lipinski definition) is 4. The van der Waals surface area contributed by atoms with Gasteiger partial charge in [0.1, 0.15) is 6.04 Å². The number of benzene rings is 2. The number of fused-ring (bicyclic) bond motifs is 3. The fraction of sp³-hybridized carbons (Fsp3) is 0.261. The molecule has 1 atom stereocenters. The highest BCUT2D eigenvalue weighted by Gasteiger charge is 2.24. The molecule has 0 radical (unpaired) electrons. The maximum absolute atomic E-state index is 13.3. The van der Waals surface area contributed by atoms with Crippen molar-refractivity contribution in [3.05, 3.63) is 69.6 Å². The SMILES string of the molecule is CC[C@H](C(=O)Nc1ccc(C)c(C)c1)n1nc(C)c2sc3ccccc3c2c1=O. The van der Waals surface area contributed by atoms with Crippen LogP contribution in [0.2, 0.25) is 0 Å². The first-order valence-electron chi connectivity index (χ1n) is 9.69. The number of nitrogens with zero attached hydrogens (tertiary/aromatic N) is 2. The minimum absolute atomic E-state index is 0.217. The summed E-state index contributed by atoms with van der Waals surface area (Å²) in [6.45, 7) is 7.82. The molecule has 0 saturated carbocycles.